The number of aryl methyl sites for hydroxylation is 2. The van der Waals surface area contributed by atoms with Crippen molar-refractivity contribution in [2.75, 3.05) is 32.2 Å². The number of aromatic nitrogens is 6. The molecule has 0 saturated carbocycles. The van der Waals surface area contributed by atoms with Crippen LogP contribution in [-0.4, -0.2) is 65.3 Å². The van der Waals surface area contributed by atoms with E-state index in [9.17, 15) is 0 Å². The van der Waals surface area contributed by atoms with Crippen molar-refractivity contribution in [3.63, 3.8) is 0 Å². The van der Waals surface area contributed by atoms with Crippen LogP contribution in [0.5, 0.6) is 17.4 Å². The summed E-state index contributed by atoms with van der Waals surface area (Å²) in [4.78, 5) is 20.8. The van der Waals surface area contributed by atoms with Crippen LogP contribution in [0, 0.1) is 6.92 Å². The fraction of sp³-hybridized carbons (Fsp3) is 0.293. The van der Waals surface area contributed by atoms with Crippen molar-refractivity contribution in [1.29, 1.82) is 0 Å². The second-order valence-electron chi connectivity index (χ2n) is 13.7. The number of nitrogens with zero attached hydrogens (tertiary/aromatic N) is 7. The van der Waals surface area contributed by atoms with E-state index in [2.05, 4.69) is 91.5 Å². The van der Waals surface area contributed by atoms with Crippen LogP contribution in [0.15, 0.2) is 110 Å². The molecule has 4 heterocycles. The molecule has 0 bridgehead atoms. The van der Waals surface area contributed by atoms with Gasteiger partial charge < -0.3 is 18.8 Å². The van der Waals surface area contributed by atoms with Gasteiger partial charge in [-0.2, -0.15) is 10.1 Å². The summed E-state index contributed by atoms with van der Waals surface area (Å²) in [6.07, 6.45) is 8.08. The van der Waals surface area contributed by atoms with E-state index in [0.717, 1.165) is 29.9 Å². The number of ether oxygens (including phenoxy) is 2. The number of anilines is 1. The van der Waals surface area contributed by atoms with Gasteiger partial charge in [0.25, 0.3) is 8.32 Å². The average Bonchev–Trinajstić information content (AvgIpc) is 3.65. The van der Waals surface area contributed by atoms with Gasteiger partial charge in [-0.05, 0) is 53.9 Å². The maximum atomic E-state index is 7.09. The first kappa shape index (κ1) is 36.4. The highest BCUT2D eigenvalue weighted by molar-refractivity contribution is 6.99. The molecule has 4 aromatic heterocycles. The Balaban J connectivity index is 1.13. The predicted octanol–water partition coefficient (Wildman–Crippen LogP) is 7.33. The Bertz CT molecular complexity index is 2040. The van der Waals surface area contributed by atoms with Gasteiger partial charge in [-0.3, -0.25) is 9.67 Å². The predicted molar refractivity (Wildman–Crippen MR) is 209 cm³/mol. The highest BCUT2D eigenvalue weighted by atomic mass is 28.4. The first-order chi connectivity index (χ1) is 25.1. The quantitative estimate of drug-likeness (QED) is 0.0849. The fourth-order valence-electron chi connectivity index (χ4n) is 6.50. The Labute approximate surface area is 307 Å². The van der Waals surface area contributed by atoms with E-state index >= 15 is 0 Å². The smallest absolute Gasteiger partial charge is 0.261 e. The molecule has 0 saturated heterocycles. The topological polar surface area (TPSA) is 100 Å². The number of hydrogen-bond acceptors (Lipinski definition) is 9. The molecular formula is C41H47N7O3Si. The van der Waals surface area contributed by atoms with Crippen LogP contribution in [0.3, 0.4) is 0 Å². The van der Waals surface area contributed by atoms with Crippen LogP contribution in [0.25, 0.3) is 22.5 Å². The van der Waals surface area contributed by atoms with E-state index in [0.29, 0.717) is 47.7 Å². The van der Waals surface area contributed by atoms with Gasteiger partial charge in [0.15, 0.2) is 0 Å². The van der Waals surface area contributed by atoms with Crippen LogP contribution in [0.2, 0.25) is 5.04 Å². The van der Waals surface area contributed by atoms with Crippen LogP contribution in [0.4, 0.5) is 5.95 Å². The maximum absolute atomic E-state index is 7.09. The van der Waals surface area contributed by atoms with Crippen molar-refractivity contribution >= 4 is 24.6 Å². The molecule has 0 amide bonds. The zero-order chi connectivity index (χ0) is 36.7. The monoisotopic (exact) mass is 713 g/mol. The molecule has 0 spiro atoms. The minimum atomic E-state index is -2.60. The molecule has 0 unspecified atom stereocenters. The third kappa shape index (κ3) is 7.75. The van der Waals surface area contributed by atoms with Gasteiger partial charge in [0.05, 0.1) is 36.0 Å². The SMILES string of the molecule is CCn1cc(-c2cc(Oc3ccc(-c4cnc(N(C)CCCO[Si](c5ccccc5)(c5ccccc5)C(C)(C)C)nc4OC)nc3C)ccn2)cn1. The lowest BCUT2D eigenvalue weighted by molar-refractivity contribution is 0.293. The van der Waals surface area contributed by atoms with Crippen LogP contribution in [0.1, 0.15) is 39.8 Å². The Morgan fingerprint density at radius 3 is 2.17 bits per heavy atom. The third-order valence-electron chi connectivity index (χ3n) is 9.17. The fourth-order valence-corrected chi connectivity index (χ4v) is 11.1. The molecule has 6 aromatic rings. The van der Waals surface area contributed by atoms with Crippen LogP contribution < -0.4 is 24.7 Å². The van der Waals surface area contributed by atoms with Gasteiger partial charge in [0, 0.05) is 57.0 Å². The summed E-state index contributed by atoms with van der Waals surface area (Å²) in [5.41, 5.74) is 3.83. The molecule has 0 fully saturated rings. The molecule has 52 heavy (non-hydrogen) atoms. The lowest BCUT2D eigenvalue weighted by atomic mass is 10.2. The maximum Gasteiger partial charge on any atom is 0.261 e. The minimum Gasteiger partial charge on any atom is -0.480 e. The van der Waals surface area contributed by atoms with Gasteiger partial charge in [-0.15, -0.1) is 0 Å². The summed E-state index contributed by atoms with van der Waals surface area (Å²) in [6, 6.07) is 29.0. The standard InChI is InChI=1S/C41H47N7O3Si/c1-8-48-29-31(27-44-48)37-26-32(22-23-42-37)51-38-21-20-36(45-30(38)2)35-28-43-40(46-39(35)49-7)47(6)24-15-25-50-52(41(3,4)5,33-16-11-9-12-17-33)34-18-13-10-14-19-34/h9-14,16-23,26-29H,8,15,24-25H2,1-7H3. The number of pyridine rings is 2. The Hall–Kier alpha value is -5.39. The lowest BCUT2D eigenvalue weighted by Crippen LogP contribution is -2.66. The van der Waals surface area contributed by atoms with E-state index in [4.69, 9.17) is 28.9 Å². The summed E-state index contributed by atoms with van der Waals surface area (Å²) in [7, 11) is 1.01. The number of benzene rings is 2. The third-order valence-corrected chi connectivity index (χ3v) is 14.2. The molecular weight excluding hydrogens is 667 g/mol. The summed E-state index contributed by atoms with van der Waals surface area (Å²) >= 11 is 0. The highest BCUT2D eigenvalue weighted by Crippen LogP contribution is 2.37. The van der Waals surface area contributed by atoms with Crippen molar-refractivity contribution in [1.82, 2.24) is 29.7 Å². The number of rotatable bonds is 14. The zero-order valence-corrected chi connectivity index (χ0v) is 32.1. The Morgan fingerprint density at radius 1 is 0.846 bits per heavy atom. The molecule has 0 N–H and O–H groups in total. The van der Waals surface area contributed by atoms with Crippen molar-refractivity contribution in [2.45, 2.75) is 52.6 Å². The molecule has 268 valence electrons. The van der Waals surface area contributed by atoms with Crippen molar-refractivity contribution < 1.29 is 13.9 Å². The molecule has 6 rings (SSSR count). The average molecular weight is 714 g/mol. The highest BCUT2D eigenvalue weighted by Gasteiger charge is 2.50. The van der Waals surface area contributed by atoms with Gasteiger partial charge in [0.2, 0.25) is 11.8 Å². The van der Waals surface area contributed by atoms with Crippen LogP contribution >= 0.6 is 0 Å². The first-order valence-electron chi connectivity index (χ1n) is 17.6. The normalized spacial score (nSPS) is 11.8. The molecule has 2 aromatic carbocycles. The molecule has 0 aliphatic rings. The lowest BCUT2D eigenvalue weighted by Gasteiger charge is -2.43. The second-order valence-corrected chi connectivity index (χ2v) is 18.0. The largest absolute Gasteiger partial charge is 0.480 e. The van der Waals surface area contributed by atoms with Gasteiger partial charge in [-0.25, -0.2) is 9.97 Å². The number of hydrogen-bond donors (Lipinski definition) is 0. The van der Waals surface area contributed by atoms with Crippen molar-refractivity contribution in [2.24, 2.45) is 0 Å². The summed E-state index contributed by atoms with van der Waals surface area (Å²) in [5, 5.41) is 6.83. The first-order valence-corrected chi connectivity index (χ1v) is 19.6. The zero-order valence-electron chi connectivity index (χ0n) is 31.1. The molecule has 11 heteroatoms. The van der Waals surface area contributed by atoms with Gasteiger partial charge >= 0.3 is 0 Å². The Kier molecular flexibility index (Phi) is 11.1. The molecule has 0 aliphatic carbocycles. The van der Waals surface area contributed by atoms with E-state index in [-0.39, 0.29) is 5.04 Å². The summed E-state index contributed by atoms with van der Waals surface area (Å²) in [5.74, 6) is 2.33. The van der Waals surface area contributed by atoms with E-state index in [1.54, 1.807) is 19.5 Å². The molecule has 10 nitrogen and oxygen atoms in total. The second kappa shape index (κ2) is 15.9. The molecule has 0 atom stereocenters. The Morgan fingerprint density at radius 2 is 1.56 bits per heavy atom. The van der Waals surface area contributed by atoms with Crippen LogP contribution in [-0.2, 0) is 11.0 Å². The molecule has 0 radical (unpaired) electrons. The van der Waals surface area contributed by atoms with Crippen molar-refractivity contribution in [3.8, 4) is 39.9 Å². The number of methoxy groups -OCH3 is 1. The summed E-state index contributed by atoms with van der Waals surface area (Å²) in [6.45, 7) is 13.0. The van der Waals surface area contributed by atoms with E-state index in [1.807, 2.05) is 67.1 Å². The van der Waals surface area contributed by atoms with Gasteiger partial charge in [0.1, 0.15) is 11.5 Å². The van der Waals surface area contributed by atoms with Gasteiger partial charge in [-0.1, -0.05) is 81.4 Å². The van der Waals surface area contributed by atoms with E-state index < -0.39 is 8.32 Å². The van der Waals surface area contributed by atoms with Crippen molar-refractivity contribution in [3.05, 3.63) is 115 Å². The minimum absolute atomic E-state index is 0.0763. The molecule has 0 aliphatic heterocycles. The summed E-state index contributed by atoms with van der Waals surface area (Å²) < 4.78 is 20.9. The van der Waals surface area contributed by atoms with E-state index in [1.165, 1.54) is 10.4 Å².